The summed E-state index contributed by atoms with van der Waals surface area (Å²) in [6.07, 6.45) is 6.83. The van der Waals surface area contributed by atoms with Crippen molar-refractivity contribution in [1.29, 1.82) is 0 Å². The van der Waals surface area contributed by atoms with E-state index in [0.717, 1.165) is 18.9 Å². The molecule has 1 heterocycles. The highest BCUT2D eigenvalue weighted by Gasteiger charge is 2.56. The number of nitrogens with one attached hydrogen (secondary N) is 2. The van der Waals surface area contributed by atoms with Crippen molar-refractivity contribution in [1.82, 2.24) is 25.9 Å². The van der Waals surface area contributed by atoms with E-state index >= 15 is 0 Å². The van der Waals surface area contributed by atoms with E-state index in [9.17, 15) is 0 Å². The molecule has 1 aromatic heterocycles. The molecule has 100 valence electrons. The lowest BCUT2D eigenvalue weighted by molar-refractivity contribution is -0.130. The predicted molar refractivity (Wildman–Crippen MR) is 65.7 cm³/mol. The Hall–Kier alpha value is -1.01. The van der Waals surface area contributed by atoms with Gasteiger partial charge in [-0.2, -0.15) is 5.21 Å². The van der Waals surface area contributed by atoms with E-state index in [2.05, 4.69) is 32.9 Å². The molecule has 0 bridgehead atoms. The van der Waals surface area contributed by atoms with Gasteiger partial charge in [0.25, 0.3) is 0 Å². The van der Waals surface area contributed by atoms with Crippen LogP contribution in [0.25, 0.3) is 0 Å². The highest BCUT2D eigenvalue weighted by molar-refractivity contribution is 5.10. The highest BCUT2D eigenvalue weighted by Crippen LogP contribution is 2.54. The van der Waals surface area contributed by atoms with E-state index in [-0.39, 0.29) is 0 Å². The summed E-state index contributed by atoms with van der Waals surface area (Å²) in [5, 5.41) is 17.6. The number of hydrogen-bond donors (Lipinski definition) is 2. The molecule has 2 atom stereocenters. The average Bonchev–Trinajstić information content (AvgIpc) is 3.03. The number of hydrogen-bond acceptors (Lipinski definition) is 5. The van der Waals surface area contributed by atoms with Gasteiger partial charge in [-0.1, -0.05) is 18.1 Å². The van der Waals surface area contributed by atoms with Gasteiger partial charge in [0.15, 0.2) is 5.82 Å². The standard InChI is InChI=1S/C12H21N5O/c1-2-18-10-7-9(12(10)5-3-4-6-12)13-8-11-14-16-17-15-11/h9-10,13H,2-8H2,1H3,(H,14,15,16,17). The van der Waals surface area contributed by atoms with Crippen LogP contribution in [0.15, 0.2) is 0 Å². The topological polar surface area (TPSA) is 75.7 Å². The molecule has 2 aliphatic carbocycles. The molecule has 18 heavy (non-hydrogen) atoms. The molecule has 0 aliphatic heterocycles. The minimum Gasteiger partial charge on any atom is -0.378 e. The predicted octanol–water partition coefficient (Wildman–Crippen LogP) is 1.03. The summed E-state index contributed by atoms with van der Waals surface area (Å²) in [6.45, 7) is 3.61. The van der Waals surface area contributed by atoms with Gasteiger partial charge in [-0.05, 0) is 26.2 Å². The van der Waals surface area contributed by atoms with Crippen LogP contribution < -0.4 is 5.32 Å². The zero-order valence-corrected chi connectivity index (χ0v) is 10.9. The number of aromatic nitrogens is 4. The second kappa shape index (κ2) is 4.93. The third kappa shape index (κ3) is 1.93. The van der Waals surface area contributed by atoms with Crippen LogP contribution in [0, 0.1) is 5.41 Å². The van der Waals surface area contributed by atoms with Crippen molar-refractivity contribution in [3.05, 3.63) is 5.82 Å². The first-order valence-electron chi connectivity index (χ1n) is 6.92. The van der Waals surface area contributed by atoms with E-state index in [1.54, 1.807) is 0 Å². The van der Waals surface area contributed by atoms with E-state index in [0.29, 0.717) is 24.1 Å². The van der Waals surface area contributed by atoms with Crippen molar-refractivity contribution in [2.45, 2.75) is 57.7 Å². The molecule has 0 saturated heterocycles. The summed E-state index contributed by atoms with van der Waals surface area (Å²) in [4.78, 5) is 0. The Morgan fingerprint density at radius 3 is 2.94 bits per heavy atom. The number of rotatable bonds is 5. The van der Waals surface area contributed by atoms with Crippen LogP contribution in [0.1, 0.15) is 44.9 Å². The molecular weight excluding hydrogens is 230 g/mol. The van der Waals surface area contributed by atoms with Crippen LogP contribution in [-0.2, 0) is 11.3 Å². The summed E-state index contributed by atoms with van der Waals surface area (Å²) in [7, 11) is 0. The molecule has 1 aromatic rings. The fourth-order valence-corrected chi connectivity index (χ4v) is 3.64. The first kappa shape index (κ1) is 12.0. The molecular formula is C12H21N5O. The number of H-pyrrole nitrogens is 1. The van der Waals surface area contributed by atoms with Gasteiger partial charge in [-0.3, -0.25) is 0 Å². The van der Waals surface area contributed by atoms with Crippen LogP contribution in [0.4, 0.5) is 0 Å². The number of ether oxygens (including phenoxy) is 1. The summed E-state index contributed by atoms with van der Waals surface area (Å²) in [5.74, 6) is 0.739. The first-order valence-corrected chi connectivity index (χ1v) is 6.92. The van der Waals surface area contributed by atoms with Crippen LogP contribution in [0.3, 0.4) is 0 Å². The normalized spacial score (nSPS) is 29.6. The fraction of sp³-hybridized carbons (Fsp3) is 0.917. The zero-order chi connectivity index (χ0) is 12.4. The van der Waals surface area contributed by atoms with Crippen molar-refractivity contribution in [3.63, 3.8) is 0 Å². The second-order valence-corrected chi connectivity index (χ2v) is 5.38. The van der Waals surface area contributed by atoms with Crippen LogP contribution in [0.2, 0.25) is 0 Å². The Balaban J connectivity index is 1.59. The molecule has 2 fully saturated rings. The Morgan fingerprint density at radius 1 is 1.44 bits per heavy atom. The van der Waals surface area contributed by atoms with Crippen molar-refractivity contribution in [3.8, 4) is 0 Å². The molecule has 2 aliphatic rings. The fourth-order valence-electron chi connectivity index (χ4n) is 3.64. The molecule has 6 heteroatoms. The maximum atomic E-state index is 5.89. The maximum Gasteiger partial charge on any atom is 0.188 e. The number of nitrogens with zero attached hydrogens (tertiary/aromatic N) is 3. The Labute approximate surface area is 107 Å². The molecule has 2 saturated carbocycles. The van der Waals surface area contributed by atoms with E-state index < -0.39 is 0 Å². The van der Waals surface area contributed by atoms with Crippen molar-refractivity contribution in [2.75, 3.05) is 6.61 Å². The minimum absolute atomic E-state index is 0.375. The largest absolute Gasteiger partial charge is 0.378 e. The van der Waals surface area contributed by atoms with Gasteiger partial charge in [0, 0.05) is 18.1 Å². The summed E-state index contributed by atoms with van der Waals surface area (Å²) in [6, 6.07) is 0.551. The first-order chi connectivity index (χ1) is 8.85. The lowest BCUT2D eigenvalue weighted by Gasteiger charge is -2.54. The van der Waals surface area contributed by atoms with E-state index in [4.69, 9.17) is 4.74 Å². The summed E-state index contributed by atoms with van der Waals surface area (Å²) >= 11 is 0. The smallest absolute Gasteiger partial charge is 0.188 e. The van der Waals surface area contributed by atoms with Gasteiger partial charge < -0.3 is 10.1 Å². The van der Waals surface area contributed by atoms with Crippen molar-refractivity contribution >= 4 is 0 Å². The summed E-state index contributed by atoms with van der Waals surface area (Å²) < 4.78 is 5.89. The number of aromatic amines is 1. The zero-order valence-electron chi connectivity index (χ0n) is 10.9. The quantitative estimate of drug-likeness (QED) is 0.817. The van der Waals surface area contributed by atoms with Crippen LogP contribution >= 0.6 is 0 Å². The maximum absolute atomic E-state index is 5.89. The third-order valence-electron chi connectivity index (χ3n) is 4.58. The monoisotopic (exact) mass is 251 g/mol. The average molecular weight is 251 g/mol. The van der Waals surface area contributed by atoms with Gasteiger partial charge >= 0.3 is 0 Å². The Bertz CT molecular complexity index is 374. The minimum atomic E-state index is 0.375. The second-order valence-electron chi connectivity index (χ2n) is 5.38. The lowest BCUT2D eigenvalue weighted by Crippen LogP contribution is -2.62. The molecule has 6 nitrogen and oxygen atoms in total. The molecule has 2 N–H and O–H groups in total. The van der Waals surface area contributed by atoms with Crippen LogP contribution in [-0.4, -0.2) is 39.4 Å². The summed E-state index contributed by atoms with van der Waals surface area (Å²) in [5.41, 5.74) is 0.375. The Kier molecular flexibility index (Phi) is 3.30. The van der Waals surface area contributed by atoms with Crippen molar-refractivity contribution < 1.29 is 4.74 Å². The molecule has 3 rings (SSSR count). The van der Waals surface area contributed by atoms with Crippen LogP contribution in [0.5, 0.6) is 0 Å². The molecule has 0 amide bonds. The van der Waals surface area contributed by atoms with Gasteiger partial charge in [0.05, 0.1) is 12.6 Å². The molecule has 0 aromatic carbocycles. The molecule has 2 unspecified atom stereocenters. The number of tetrazole rings is 1. The van der Waals surface area contributed by atoms with E-state index in [1.165, 1.54) is 25.7 Å². The van der Waals surface area contributed by atoms with Gasteiger partial charge in [0.2, 0.25) is 0 Å². The molecule has 1 spiro atoms. The third-order valence-corrected chi connectivity index (χ3v) is 4.58. The lowest BCUT2D eigenvalue weighted by atomic mass is 9.60. The van der Waals surface area contributed by atoms with Gasteiger partial charge in [0.1, 0.15) is 0 Å². The molecule has 0 radical (unpaired) electrons. The van der Waals surface area contributed by atoms with Gasteiger partial charge in [-0.25, -0.2) is 0 Å². The highest BCUT2D eigenvalue weighted by atomic mass is 16.5. The SMILES string of the molecule is CCOC1CC(NCc2nn[nH]n2)C12CCCC2. The van der Waals surface area contributed by atoms with Crippen molar-refractivity contribution in [2.24, 2.45) is 5.41 Å². The van der Waals surface area contributed by atoms with Gasteiger partial charge in [-0.15, -0.1) is 10.2 Å². The van der Waals surface area contributed by atoms with E-state index in [1.807, 2.05) is 0 Å². The Morgan fingerprint density at radius 2 is 2.28 bits per heavy atom.